The van der Waals surface area contributed by atoms with Crippen LogP contribution in [0, 0.1) is 0 Å². The standard InChI is InChI=1S/C10H22N2O/c1-3-12(7-4-8-13-2)10-5-6-11-9-10/h10-11H,3-9H2,1-2H3. The van der Waals surface area contributed by atoms with Crippen molar-refractivity contribution in [2.75, 3.05) is 39.9 Å². The Morgan fingerprint density at radius 2 is 2.38 bits per heavy atom. The Hall–Kier alpha value is -0.120. The molecule has 78 valence electrons. The Balaban J connectivity index is 2.16. The predicted octanol–water partition coefficient (Wildman–Crippen LogP) is 0.707. The largest absolute Gasteiger partial charge is 0.385 e. The highest BCUT2D eigenvalue weighted by Crippen LogP contribution is 2.08. The summed E-state index contributed by atoms with van der Waals surface area (Å²) in [6.07, 6.45) is 2.46. The van der Waals surface area contributed by atoms with E-state index in [0.29, 0.717) is 0 Å². The molecular formula is C10H22N2O. The molecule has 1 aliphatic heterocycles. The summed E-state index contributed by atoms with van der Waals surface area (Å²) >= 11 is 0. The van der Waals surface area contributed by atoms with Crippen LogP contribution in [0.1, 0.15) is 19.8 Å². The summed E-state index contributed by atoms with van der Waals surface area (Å²) in [5.74, 6) is 0. The van der Waals surface area contributed by atoms with E-state index >= 15 is 0 Å². The number of rotatable bonds is 6. The van der Waals surface area contributed by atoms with Crippen LogP contribution in [0.5, 0.6) is 0 Å². The highest BCUT2D eigenvalue weighted by atomic mass is 16.5. The summed E-state index contributed by atoms with van der Waals surface area (Å²) in [5, 5.41) is 3.40. The fraction of sp³-hybridized carbons (Fsp3) is 1.00. The van der Waals surface area contributed by atoms with Gasteiger partial charge in [-0.15, -0.1) is 0 Å². The van der Waals surface area contributed by atoms with Crippen LogP contribution in [0.4, 0.5) is 0 Å². The molecule has 0 spiro atoms. The molecule has 1 aliphatic rings. The SMILES string of the molecule is CCN(CCCOC)C1CCNC1. The zero-order chi connectivity index (χ0) is 9.52. The first kappa shape index (κ1) is 11.0. The van der Waals surface area contributed by atoms with Crippen LogP contribution in [-0.4, -0.2) is 50.8 Å². The highest BCUT2D eigenvalue weighted by molar-refractivity contribution is 4.79. The van der Waals surface area contributed by atoms with E-state index in [0.717, 1.165) is 25.6 Å². The van der Waals surface area contributed by atoms with Gasteiger partial charge in [-0.05, 0) is 25.9 Å². The van der Waals surface area contributed by atoms with Crippen LogP contribution in [0.15, 0.2) is 0 Å². The summed E-state index contributed by atoms with van der Waals surface area (Å²) in [5.41, 5.74) is 0. The summed E-state index contributed by atoms with van der Waals surface area (Å²) in [6.45, 7) is 7.82. The molecule has 3 nitrogen and oxygen atoms in total. The average Bonchev–Trinajstić information content (AvgIpc) is 2.65. The Morgan fingerprint density at radius 1 is 1.54 bits per heavy atom. The molecule has 0 aromatic rings. The third kappa shape index (κ3) is 3.63. The Morgan fingerprint density at radius 3 is 2.92 bits per heavy atom. The quantitative estimate of drug-likeness (QED) is 0.618. The van der Waals surface area contributed by atoms with Gasteiger partial charge in [0.2, 0.25) is 0 Å². The molecule has 3 heteroatoms. The minimum Gasteiger partial charge on any atom is -0.385 e. The lowest BCUT2D eigenvalue weighted by Gasteiger charge is -2.26. The van der Waals surface area contributed by atoms with E-state index in [9.17, 15) is 0 Å². The Labute approximate surface area is 81.4 Å². The Bertz CT molecular complexity index is 124. The molecule has 1 fully saturated rings. The van der Waals surface area contributed by atoms with Crippen molar-refractivity contribution in [2.24, 2.45) is 0 Å². The molecule has 1 heterocycles. The van der Waals surface area contributed by atoms with Gasteiger partial charge in [0.05, 0.1) is 0 Å². The van der Waals surface area contributed by atoms with Crippen LogP contribution in [-0.2, 0) is 4.74 Å². The minimum atomic E-state index is 0.766. The third-order valence-electron chi connectivity index (χ3n) is 2.75. The van der Waals surface area contributed by atoms with Gasteiger partial charge in [-0.3, -0.25) is 4.90 Å². The van der Waals surface area contributed by atoms with Gasteiger partial charge >= 0.3 is 0 Å². The van der Waals surface area contributed by atoms with Crippen molar-refractivity contribution in [1.82, 2.24) is 10.2 Å². The molecule has 1 atom stereocenters. The van der Waals surface area contributed by atoms with Crippen LogP contribution in [0.25, 0.3) is 0 Å². The number of hydrogen-bond donors (Lipinski definition) is 1. The van der Waals surface area contributed by atoms with E-state index < -0.39 is 0 Å². The number of methoxy groups -OCH3 is 1. The van der Waals surface area contributed by atoms with Crippen molar-refractivity contribution in [3.63, 3.8) is 0 Å². The summed E-state index contributed by atoms with van der Waals surface area (Å²) < 4.78 is 5.06. The monoisotopic (exact) mass is 186 g/mol. The van der Waals surface area contributed by atoms with Gasteiger partial charge in [0, 0.05) is 32.8 Å². The highest BCUT2D eigenvalue weighted by Gasteiger charge is 2.19. The van der Waals surface area contributed by atoms with E-state index in [1.165, 1.54) is 26.1 Å². The van der Waals surface area contributed by atoms with Crippen molar-refractivity contribution in [3.8, 4) is 0 Å². The molecule has 0 amide bonds. The number of hydrogen-bond acceptors (Lipinski definition) is 3. The molecule has 1 saturated heterocycles. The predicted molar refractivity (Wildman–Crippen MR) is 55.0 cm³/mol. The fourth-order valence-electron chi connectivity index (χ4n) is 1.96. The third-order valence-corrected chi connectivity index (χ3v) is 2.75. The van der Waals surface area contributed by atoms with Gasteiger partial charge in [0.25, 0.3) is 0 Å². The van der Waals surface area contributed by atoms with E-state index in [1.54, 1.807) is 7.11 Å². The molecular weight excluding hydrogens is 164 g/mol. The maximum absolute atomic E-state index is 5.06. The van der Waals surface area contributed by atoms with E-state index in [-0.39, 0.29) is 0 Å². The van der Waals surface area contributed by atoms with Crippen molar-refractivity contribution in [2.45, 2.75) is 25.8 Å². The molecule has 13 heavy (non-hydrogen) atoms. The van der Waals surface area contributed by atoms with Crippen molar-refractivity contribution in [1.29, 1.82) is 0 Å². The van der Waals surface area contributed by atoms with Gasteiger partial charge < -0.3 is 10.1 Å². The van der Waals surface area contributed by atoms with E-state index in [2.05, 4.69) is 17.1 Å². The van der Waals surface area contributed by atoms with Crippen LogP contribution in [0.3, 0.4) is 0 Å². The molecule has 0 radical (unpaired) electrons. The minimum absolute atomic E-state index is 0.766. The number of nitrogens with zero attached hydrogens (tertiary/aromatic N) is 1. The van der Waals surface area contributed by atoms with Gasteiger partial charge in [-0.1, -0.05) is 6.92 Å². The Kier molecular flexibility index (Phi) is 5.35. The lowest BCUT2D eigenvalue weighted by atomic mass is 10.2. The van der Waals surface area contributed by atoms with Crippen LogP contribution >= 0.6 is 0 Å². The van der Waals surface area contributed by atoms with Gasteiger partial charge in [-0.2, -0.15) is 0 Å². The maximum atomic E-state index is 5.06. The lowest BCUT2D eigenvalue weighted by Crippen LogP contribution is -2.37. The molecule has 1 rings (SSSR count). The zero-order valence-electron chi connectivity index (χ0n) is 8.88. The van der Waals surface area contributed by atoms with E-state index in [1.807, 2.05) is 0 Å². The zero-order valence-corrected chi connectivity index (χ0v) is 8.88. The summed E-state index contributed by atoms with van der Waals surface area (Å²) in [4.78, 5) is 2.55. The molecule has 0 aliphatic carbocycles. The first-order valence-corrected chi connectivity index (χ1v) is 5.32. The molecule has 0 aromatic carbocycles. The number of ether oxygens (including phenoxy) is 1. The number of likely N-dealkylation sites (N-methyl/N-ethyl adjacent to an activating group) is 1. The number of nitrogens with one attached hydrogen (secondary N) is 1. The van der Waals surface area contributed by atoms with Crippen LogP contribution < -0.4 is 5.32 Å². The summed E-state index contributed by atoms with van der Waals surface area (Å²) in [7, 11) is 1.77. The molecule has 1 N–H and O–H groups in total. The topological polar surface area (TPSA) is 24.5 Å². The molecule has 0 bridgehead atoms. The van der Waals surface area contributed by atoms with E-state index in [4.69, 9.17) is 4.74 Å². The fourth-order valence-corrected chi connectivity index (χ4v) is 1.96. The molecule has 0 saturated carbocycles. The van der Waals surface area contributed by atoms with Gasteiger partial charge in [0.1, 0.15) is 0 Å². The molecule has 0 aromatic heterocycles. The van der Waals surface area contributed by atoms with Gasteiger partial charge in [0.15, 0.2) is 0 Å². The first-order valence-electron chi connectivity index (χ1n) is 5.32. The van der Waals surface area contributed by atoms with Crippen molar-refractivity contribution < 1.29 is 4.74 Å². The smallest absolute Gasteiger partial charge is 0.0474 e. The maximum Gasteiger partial charge on any atom is 0.0474 e. The summed E-state index contributed by atoms with van der Waals surface area (Å²) in [6, 6.07) is 0.766. The second-order valence-corrected chi connectivity index (χ2v) is 3.62. The lowest BCUT2D eigenvalue weighted by molar-refractivity contribution is 0.157. The van der Waals surface area contributed by atoms with Gasteiger partial charge in [-0.25, -0.2) is 0 Å². The van der Waals surface area contributed by atoms with Crippen LogP contribution in [0.2, 0.25) is 0 Å². The normalized spacial score (nSPS) is 22.8. The molecule has 1 unspecified atom stereocenters. The second-order valence-electron chi connectivity index (χ2n) is 3.62. The average molecular weight is 186 g/mol. The second kappa shape index (κ2) is 6.35. The van der Waals surface area contributed by atoms with Crippen molar-refractivity contribution in [3.05, 3.63) is 0 Å². The van der Waals surface area contributed by atoms with Crippen molar-refractivity contribution >= 4 is 0 Å². The first-order chi connectivity index (χ1) is 6.38.